The summed E-state index contributed by atoms with van der Waals surface area (Å²) in [5.74, 6) is 0. The Hall–Kier alpha value is -2.08. The Kier molecular flexibility index (Phi) is 6.40. The Morgan fingerprint density at radius 1 is 0.719 bits per heavy atom. The number of hydrogen-bond donors (Lipinski definition) is 1. The van der Waals surface area contributed by atoms with Gasteiger partial charge in [0.05, 0.1) is 22.7 Å². The summed E-state index contributed by atoms with van der Waals surface area (Å²) in [5.41, 5.74) is 3.54. The molecule has 4 aromatic rings. The fourth-order valence-electron chi connectivity index (χ4n) is 4.79. The molecule has 1 N–H and O–H groups in total. The fourth-order valence-corrected chi connectivity index (χ4v) is 5.11. The number of para-hydroxylation sites is 2. The molecule has 1 aliphatic rings. The van der Waals surface area contributed by atoms with Crippen LogP contribution in [0, 0.1) is 0 Å². The molecule has 0 radical (unpaired) electrons. The van der Waals surface area contributed by atoms with Gasteiger partial charge in [-0.2, -0.15) is 0 Å². The molecule has 1 saturated heterocycles. The van der Waals surface area contributed by atoms with Crippen molar-refractivity contribution >= 4 is 45.0 Å². The third kappa shape index (κ3) is 4.52. The van der Waals surface area contributed by atoms with E-state index in [0.29, 0.717) is 23.1 Å². The molecular formula is C26H27Cl2N3O. The molecule has 0 spiro atoms. The summed E-state index contributed by atoms with van der Waals surface area (Å²) in [6, 6.07) is 22.7. The van der Waals surface area contributed by atoms with Crippen molar-refractivity contribution in [1.29, 1.82) is 0 Å². The van der Waals surface area contributed by atoms with Gasteiger partial charge in [0.2, 0.25) is 0 Å². The SMILES string of the molecule is OC(CN1CCN(Cc2ccc(Cl)c(Cl)c2)CC1)Cn1c2ccccc2c2ccccc21. The molecule has 1 aromatic heterocycles. The summed E-state index contributed by atoms with van der Waals surface area (Å²) in [6.45, 7) is 6.00. The van der Waals surface area contributed by atoms with E-state index in [4.69, 9.17) is 23.2 Å². The number of aliphatic hydroxyl groups excluding tert-OH is 1. The fraction of sp³-hybridized carbons (Fsp3) is 0.308. The number of benzene rings is 3. The molecule has 0 saturated carbocycles. The van der Waals surface area contributed by atoms with Gasteiger partial charge in [-0.25, -0.2) is 0 Å². The molecule has 1 fully saturated rings. The van der Waals surface area contributed by atoms with Crippen molar-refractivity contribution in [1.82, 2.24) is 14.4 Å². The highest BCUT2D eigenvalue weighted by Crippen LogP contribution is 2.29. The van der Waals surface area contributed by atoms with E-state index in [0.717, 1.165) is 32.7 Å². The smallest absolute Gasteiger partial charge is 0.0845 e. The molecule has 166 valence electrons. The Balaban J connectivity index is 1.20. The van der Waals surface area contributed by atoms with Gasteiger partial charge >= 0.3 is 0 Å². The first kappa shape index (κ1) is 21.7. The topological polar surface area (TPSA) is 31.6 Å². The van der Waals surface area contributed by atoms with E-state index in [-0.39, 0.29) is 0 Å². The van der Waals surface area contributed by atoms with E-state index in [1.54, 1.807) is 0 Å². The molecule has 6 heteroatoms. The zero-order valence-corrected chi connectivity index (χ0v) is 19.4. The van der Waals surface area contributed by atoms with Crippen LogP contribution >= 0.6 is 23.2 Å². The molecule has 4 nitrogen and oxygen atoms in total. The Morgan fingerprint density at radius 2 is 1.31 bits per heavy atom. The van der Waals surface area contributed by atoms with Gasteiger partial charge in [-0.3, -0.25) is 9.80 Å². The van der Waals surface area contributed by atoms with Gasteiger partial charge in [-0.05, 0) is 29.8 Å². The first-order valence-corrected chi connectivity index (χ1v) is 11.9. The summed E-state index contributed by atoms with van der Waals surface area (Å²) in [6.07, 6.45) is -0.421. The maximum absolute atomic E-state index is 10.9. The highest BCUT2D eigenvalue weighted by molar-refractivity contribution is 6.42. The van der Waals surface area contributed by atoms with Crippen molar-refractivity contribution in [2.24, 2.45) is 0 Å². The Morgan fingerprint density at radius 3 is 1.94 bits per heavy atom. The summed E-state index contributed by atoms with van der Waals surface area (Å²) in [5, 5.41) is 14.6. The number of β-amino-alcohol motifs (C(OH)–C–C–N with tert-alkyl or cyclic N) is 1. The van der Waals surface area contributed by atoms with E-state index in [1.807, 2.05) is 18.2 Å². The number of halogens is 2. The van der Waals surface area contributed by atoms with Crippen LogP contribution in [0.5, 0.6) is 0 Å². The number of piperazine rings is 1. The first-order chi connectivity index (χ1) is 15.6. The first-order valence-electron chi connectivity index (χ1n) is 11.1. The number of aromatic nitrogens is 1. The van der Waals surface area contributed by atoms with Crippen LogP contribution in [0.1, 0.15) is 5.56 Å². The van der Waals surface area contributed by atoms with E-state index >= 15 is 0 Å². The van der Waals surface area contributed by atoms with Crippen LogP contribution < -0.4 is 0 Å². The van der Waals surface area contributed by atoms with Crippen LogP contribution in [0.3, 0.4) is 0 Å². The summed E-state index contributed by atoms with van der Waals surface area (Å²) >= 11 is 12.2. The van der Waals surface area contributed by atoms with E-state index in [2.05, 4.69) is 62.9 Å². The van der Waals surface area contributed by atoms with Gasteiger partial charge in [-0.1, -0.05) is 65.7 Å². The van der Waals surface area contributed by atoms with Crippen LogP contribution in [0.15, 0.2) is 66.7 Å². The zero-order chi connectivity index (χ0) is 22.1. The molecule has 0 bridgehead atoms. The maximum Gasteiger partial charge on any atom is 0.0845 e. The molecule has 1 atom stereocenters. The average molecular weight is 468 g/mol. The van der Waals surface area contributed by atoms with Gasteiger partial charge in [0, 0.05) is 61.1 Å². The second-order valence-electron chi connectivity index (χ2n) is 8.62. The molecule has 5 rings (SSSR count). The summed E-state index contributed by atoms with van der Waals surface area (Å²) < 4.78 is 2.26. The van der Waals surface area contributed by atoms with Gasteiger partial charge < -0.3 is 9.67 Å². The van der Waals surface area contributed by atoms with Crippen LogP contribution in [-0.2, 0) is 13.1 Å². The van der Waals surface area contributed by atoms with Gasteiger partial charge in [0.1, 0.15) is 0 Å². The molecule has 1 aliphatic heterocycles. The van der Waals surface area contributed by atoms with Crippen LogP contribution in [0.4, 0.5) is 0 Å². The number of rotatable bonds is 6. The van der Waals surface area contributed by atoms with Crippen molar-refractivity contribution in [3.8, 4) is 0 Å². The molecule has 0 amide bonds. The van der Waals surface area contributed by atoms with Gasteiger partial charge in [0.25, 0.3) is 0 Å². The van der Waals surface area contributed by atoms with Crippen molar-refractivity contribution in [2.45, 2.75) is 19.2 Å². The number of hydrogen-bond acceptors (Lipinski definition) is 3. The van der Waals surface area contributed by atoms with Crippen LogP contribution in [0.25, 0.3) is 21.8 Å². The van der Waals surface area contributed by atoms with Gasteiger partial charge in [0.15, 0.2) is 0 Å². The minimum Gasteiger partial charge on any atom is -0.390 e. The van der Waals surface area contributed by atoms with Crippen molar-refractivity contribution in [3.63, 3.8) is 0 Å². The Bertz CT molecular complexity index is 1180. The third-order valence-electron chi connectivity index (χ3n) is 6.40. The molecule has 0 aliphatic carbocycles. The lowest BCUT2D eigenvalue weighted by Gasteiger charge is -2.35. The summed E-state index contributed by atoms with van der Waals surface area (Å²) in [7, 11) is 0. The van der Waals surface area contributed by atoms with Crippen molar-refractivity contribution in [2.75, 3.05) is 32.7 Å². The largest absolute Gasteiger partial charge is 0.390 e. The van der Waals surface area contributed by atoms with E-state index in [9.17, 15) is 5.11 Å². The number of fused-ring (bicyclic) bond motifs is 3. The lowest BCUT2D eigenvalue weighted by molar-refractivity contribution is 0.0634. The normalized spacial score (nSPS) is 16.7. The van der Waals surface area contributed by atoms with E-state index < -0.39 is 6.10 Å². The molecule has 3 aromatic carbocycles. The molecule has 2 heterocycles. The highest BCUT2D eigenvalue weighted by atomic mass is 35.5. The average Bonchev–Trinajstić information content (AvgIpc) is 3.11. The monoisotopic (exact) mass is 467 g/mol. The van der Waals surface area contributed by atoms with Crippen LogP contribution in [-0.4, -0.2) is 58.3 Å². The minimum atomic E-state index is -0.421. The minimum absolute atomic E-state index is 0.421. The second-order valence-corrected chi connectivity index (χ2v) is 9.44. The predicted molar refractivity (Wildman–Crippen MR) is 134 cm³/mol. The van der Waals surface area contributed by atoms with Gasteiger partial charge in [-0.15, -0.1) is 0 Å². The molecule has 32 heavy (non-hydrogen) atoms. The second kappa shape index (κ2) is 9.42. The highest BCUT2D eigenvalue weighted by Gasteiger charge is 2.21. The van der Waals surface area contributed by atoms with E-state index in [1.165, 1.54) is 27.4 Å². The molecular weight excluding hydrogens is 441 g/mol. The molecule has 1 unspecified atom stereocenters. The lowest BCUT2D eigenvalue weighted by atomic mass is 10.2. The number of aliphatic hydroxyl groups is 1. The third-order valence-corrected chi connectivity index (χ3v) is 7.14. The van der Waals surface area contributed by atoms with Crippen LogP contribution in [0.2, 0.25) is 10.0 Å². The predicted octanol–water partition coefficient (Wildman–Crippen LogP) is 5.28. The number of nitrogens with zero attached hydrogens (tertiary/aromatic N) is 3. The standard InChI is InChI=1S/C26H27Cl2N3O/c27-23-10-9-19(15-24(23)28)16-29-11-13-30(14-12-29)17-20(32)18-31-25-7-3-1-5-21(25)22-6-2-4-8-26(22)31/h1-10,15,20,32H,11-14,16-18H2. The summed E-state index contributed by atoms with van der Waals surface area (Å²) in [4.78, 5) is 4.79. The quantitative estimate of drug-likeness (QED) is 0.418. The van der Waals surface area contributed by atoms with Crippen molar-refractivity contribution < 1.29 is 5.11 Å². The Labute approximate surface area is 198 Å². The maximum atomic E-state index is 10.9. The zero-order valence-electron chi connectivity index (χ0n) is 17.9. The lowest BCUT2D eigenvalue weighted by Crippen LogP contribution is -2.48. The van der Waals surface area contributed by atoms with Crippen molar-refractivity contribution in [3.05, 3.63) is 82.3 Å².